The zero-order valence-electron chi connectivity index (χ0n) is 10.8. The lowest BCUT2D eigenvalue weighted by Crippen LogP contribution is -2.35. The van der Waals surface area contributed by atoms with Crippen molar-refractivity contribution in [3.8, 4) is 5.75 Å². The molecule has 0 amide bonds. The SMILES string of the molecule is CC1CCSC(=NCCCOc2ccccc2)N1. The number of nitrogens with one attached hydrogen (secondary N) is 1. The molecular formula is C14H20N2OS. The lowest BCUT2D eigenvalue weighted by atomic mass is 10.3. The fourth-order valence-electron chi connectivity index (χ4n) is 1.70. The molecule has 0 bridgehead atoms. The van der Waals surface area contributed by atoms with Gasteiger partial charge in [0.2, 0.25) is 0 Å². The fraction of sp³-hybridized carbons (Fsp3) is 0.500. The molecule has 0 radical (unpaired) electrons. The zero-order chi connectivity index (χ0) is 12.6. The molecule has 1 atom stereocenters. The van der Waals surface area contributed by atoms with Gasteiger partial charge < -0.3 is 10.1 Å². The van der Waals surface area contributed by atoms with Gasteiger partial charge in [0, 0.05) is 24.8 Å². The molecule has 1 aliphatic heterocycles. The highest BCUT2D eigenvalue weighted by atomic mass is 32.2. The van der Waals surface area contributed by atoms with Gasteiger partial charge in [0.1, 0.15) is 5.75 Å². The number of rotatable bonds is 5. The average molecular weight is 264 g/mol. The van der Waals surface area contributed by atoms with E-state index in [9.17, 15) is 0 Å². The second-order valence-corrected chi connectivity index (χ2v) is 5.47. The summed E-state index contributed by atoms with van der Waals surface area (Å²) < 4.78 is 5.62. The third-order valence-electron chi connectivity index (χ3n) is 2.73. The molecule has 1 heterocycles. The van der Waals surface area contributed by atoms with Gasteiger partial charge in [0.05, 0.1) is 6.61 Å². The molecule has 0 aromatic heterocycles. The summed E-state index contributed by atoms with van der Waals surface area (Å²) in [7, 11) is 0. The smallest absolute Gasteiger partial charge is 0.156 e. The third kappa shape index (κ3) is 4.61. The van der Waals surface area contributed by atoms with Crippen LogP contribution in [0.5, 0.6) is 5.75 Å². The van der Waals surface area contributed by atoms with E-state index in [0.717, 1.165) is 30.5 Å². The standard InChI is InChI=1S/C14H20N2OS/c1-12-8-11-18-14(16-12)15-9-5-10-17-13-6-3-2-4-7-13/h2-4,6-7,12H,5,8-11H2,1H3,(H,15,16). The van der Waals surface area contributed by atoms with Crippen LogP contribution in [0.3, 0.4) is 0 Å². The van der Waals surface area contributed by atoms with Crippen LogP contribution < -0.4 is 10.1 Å². The Morgan fingerprint density at radius 1 is 1.39 bits per heavy atom. The van der Waals surface area contributed by atoms with Gasteiger partial charge in [-0.25, -0.2) is 0 Å². The monoisotopic (exact) mass is 264 g/mol. The van der Waals surface area contributed by atoms with Crippen LogP contribution in [-0.2, 0) is 0 Å². The van der Waals surface area contributed by atoms with Crippen LogP contribution in [0.25, 0.3) is 0 Å². The predicted octanol–water partition coefficient (Wildman–Crippen LogP) is 2.93. The van der Waals surface area contributed by atoms with E-state index >= 15 is 0 Å². The Morgan fingerprint density at radius 2 is 2.22 bits per heavy atom. The Morgan fingerprint density at radius 3 is 3.00 bits per heavy atom. The number of benzene rings is 1. The van der Waals surface area contributed by atoms with Gasteiger partial charge in [-0.15, -0.1) is 0 Å². The van der Waals surface area contributed by atoms with Gasteiger partial charge in [-0.3, -0.25) is 4.99 Å². The number of thioether (sulfide) groups is 1. The van der Waals surface area contributed by atoms with Gasteiger partial charge in [-0.2, -0.15) is 0 Å². The minimum absolute atomic E-state index is 0.561. The van der Waals surface area contributed by atoms with Crippen molar-refractivity contribution in [3.63, 3.8) is 0 Å². The van der Waals surface area contributed by atoms with Gasteiger partial charge in [-0.1, -0.05) is 30.0 Å². The van der Waals surface area contributed by atoms with Crippen molar-refractivity contribution in [2.24, 2.45) is 4.99 Å². The first-order chi connectivity index (χ1) is 8.84. The lowest BCUT2D eigenvalue weighted by Gasteiger charge is -2.21. The summed E-state index contributed by atoms with van der Waals surface area (Å²) in [5, 5.41) is 4.49. The van der Waals surface area contributed by atoms with E-state index in [4.69, 9.17) is 4.74 Å². The Hall–Kier alpha value is -1.16. The molecule has 0 aliphatic carbocycles. The summed E-state index contributed by atoms with van der Waals surface area (Å²) in [6, 6.07) is 10.5. The maximum Gasteiger partial charge on any atom is 0.156 e. The number of hydrogen-bond donors (Lipinski definition) is 1. The first kappa shape index (κ1) is 13.3. The Balaban J connectivity index is 1.62. The van der Waals surface area contributed by atoms with E-state index in [0.29, 0.717) is 6.04 Å². The summed E-state index contributed by atoms with van der Waals surface area (Å²) in [5.74, 6) is 2.11. The first-order valence-electron chi connectivity index (χ1n) is 6.46. The second kappa shape index (κ2) is 7.31. The first-order valence-corrected chi connectivity index (χ1v) is 7.45. The Bertz CT molecular complexity index is 381. The van der Waals surface area contributed by atoms with Crippen molar-refractivity contribution in [2.75, 3.05) is 18.9 Å². The van der Waals surface area contributed by atoms with Crippen LogP contribution in [0, 0.1) is 0 Å². The topological polar surface area (TPSA) is 33.6 Å². The number of para-hydroxylation sites is 1. The molecule has 18 heavy (non-hydrogen) atoms. The van der Waals surface area contributed by atoms with Crippen LogP contribution in [0.4, 0.5) is 0 Å². The third-order valence-corrected chi connectivity index (χ3v) is 3.69. The van der Waals surface area contributed by atoms with Crippen molar-refractivity contribution in [1.29, 1.82) is 0 Å². The maximum absolute atomic E-state index is 5.62. The average Bonchev–Trinajstić information content (AvgIpc) is 2.40. The second-order valence-electron chi connectivity index (χ2n) is 4.38. The molecular weight excluding hydrogens is 244 g/mol. The molecule has 1 aliphatic rings. The van der Waals surface area contributed by atoms with Crippen LogP contribution in [0.1, 0.15) is 19.8 Å². The van der Waals surface area contributed by atoms with Crippen LogP contribution in [0.2, 0.25) is 0 Å². The Kier molecular flexibility index (Phi) is 5.39. The normalized spacial score (nSPS) is 21.6. The summed E-state index contributed by atoms with van der Waals surface area (Å²) in [6.07, 6.45) is 2.18. The van der Waals surface area contributed by atoms with Crippen LogP contribution in [0.15, 0.2) is 35.3 Å². The highest BCUT2D eigenvalue weighted by Gasteiger charge is 2.12. The minimum Gasteiger partial charge on any atom is -0.494 e. The molecule has 1 unspecified atom stereocenters. The summed E-state index contributed by atoms with van der Waals surface area (Å²) in [4.78, 5) is 4.55. The van der Waals surface area contributed by atoms with Gasteiger partial charge in [-0.05, 0) is 25.5 Å². The molecule has 1 saturated heterocycles. The van der Waals surface area contributed by atoms with Crippen LogP contribution in [-0.4, -0.2) is 30.1 Å². The number of nitrogens with zero attached hydrogens (tertiary/aromatic N) is 1. The maximum atomic E-state index is 5.62. The van der Waals surface area contributed by atoms with E-state index < -0.39 is 0 Å². The quantitative estimate of drug-likeness (QED) is 0.830. The van der Waals surface area contributed by atoms with E-state index in [1.54, 1.807) is 0 Å². The highest BCUT2D eigenvalue weighted by Crippen LogP contribution is 2.13. The molecule has 1 aromatic rings. The molecule has 1 aromatic carbocycles. The molecule has 1 fully saturated rings. The molecule has 2 rings (SSSR count). The number of amidine groups is 1. The van der Waals surface area contributed by atoms with Crippen molar-refractivity contribution >= 4 is 16.9 Å². The molecule has 1 N–H and O–H groups in total. The van der Waals surface area contributed by atoms with Gasteiger partial charge in [0.25, 0.3) is 0 Å². The van der Waals surface area contributed by atoms with E-state index in [2.05, 4.69) is 17.2 Å². The summed E-state index contributed by atoms with van der Waals surface area (Å²) in [5.41, 5.74) is 0. The molecule has 0 saturated carbocycles. The molecule has 98 valence electrons. The lowest BCUT2D eigenvalue weighted by molar-refractivity contribution is 0.313. The zero-order valence-corrected chi connectivity index (χ0v) is 11.6. The van der Waals surface area contributed by atoms with Crippen molar-refractivity contribution in [2.45, 2.75) is 25.8 Å². The molecule has 4 heteroatoms. The van der Waals surface area contributed by atoms with Crippen molar-refractivity contribution in [3.05, 3.63) is 30.3 Å². The van der Waals surface area contributed by atoms with Gasteiger partial charge in [0.15, 0.2) is 5.17 Å². The fourth-order valence-corrected chi connectivity index (χ4v) is 2.83. The largest absolute Gasteiger partial charge is 0.494 e. The summed E-state index contributed by atoms with van der Waals surface area (Å²) >= 11 is 1.82. The molecule has 0 spiro atoms. The van der Waals surface area contributed by atoms with Crippen molar-refractivity contribution in [1.82, 2.24) is 5.32 Å². The van der Waals surface area contributed by atoms with E-state index in [-0.39, 0.29) is 0 Å². The minimum atomic E-state index is 0.561. The van der Waals surface area contributed by atoms with Crippen molar-refractivity contribution < 1.29 is 4.74 Å². The van der Waals surface area contributed by atoms with Gasteiger partial charge >= 0.3 is 0 Å². The molecule has 3 nitrogen and oxygen atoms in total. The van der Waals surface area contributed by atoms with E-state index in [1.165, 1.54) is 12.2 Å². The highest BCUT2D eigenvalue weighted by molar-refractivity contribution is 8.13. The number of ether oxygens (including phenoxy) is 1. The Labute approximate surface area is 113 Å². The van der Waals surface area contributed by atoms with Crippen LogP contribution >= 0.6 is 11.8 Å². The predicted molar refractivity (Wildman–Crippen MR) is 78.5 cm³/mol. The summed E-state index contributed by atoms with van der Waals surface area (Å²) in [6.45, 7) is 3.75. The van der Waals surface area contributed by atoms with E-state index in [1.807, 2.05) is 42.1 Å². The number of aliphatic imine (C=N–C) groups is 1. The number of hydrogen-bond acceptors (Lipinski definition) is 3.